The van der Waals surface area contributed by atoms with E-state index in [2.05, 4.69) is 38.1 Å². The third-order valence-corrected chi connectivity index (χ3v) is 8.66. The van der Waals surface area contributed by atoms with Crippen molar-refractivity contribution in [2.24, 2.45) is 23.7 Å². The van der Waals surface area contributed by atoms with Crippen LogP contribution in [0.15, 0.2) is 24.3 Å². The number of ether oxygens (including phenoxy) is 1. The van der Waals surface area contributed by atoms with Gasteiger partial charge in [0, 0.05) is 0 Å². The fraction of sp³-hybridized carbons (Fsp3) is 0.806. The van der Waals surface area contributed by atoms with Gasteiger partial charge < -0.3 is 4.74 Å². The van der Waals surface area contributed by atoms with E-state index in [9.17, 15) is 0 Å². The fourth-order valence-corrected chi connectivity index (χ4v) is 6.57. The van der Waals surface area contributed by atoms with Gasteiger partial charge in [0.15, 0.2) is 0 Å². The van der Waals surface area contributed by atoms with Gasteiger partial charge >= 0.3 is 0 Å². The van der Waals surface area contributed by atoms with Crippen LogP contribution in [0.3, 0.4) is 0 Å². The van der Waals surface area contributed by atoms with Crippen LogP contribution >= 0.6 is 0 Å². The molecule has 1 nitrogen and oxygen atoms in total. The van der Waals surface area contributed by atoms with Gasteiger partial charge in [-0.25, -0.2) is 0 Å². The molecular weight excluding hydrogens is 388 g/mol. The van der Waals surface area contributed by atoms with E-state index in [1.165, 1.54) is 121 Å². The molecule has 0 heterocycles. The Hall–Kier alpha value is -0.980. The maximum atomic E-state index is 6.09. The van der Waals surface area contributed by atoms with Crippen LogP contribution in [0.5, 0.6) is 5.75 Å². The molecule has 0 N–H and O–H groups in total. The van der Waals surface area contributed by atoms with Crippen molar-refractivity contribution in [1.29, 1.82) is 0 Å². The van der Waals surface area contributed by atoms with Crippen LogP contribution in [0.4, 0.5) is 0 Å². The zero-order valence-corrected chi connectivity index (χ0v) is 21.5. The van der Waals surface area contributed by atoms with Crippen LogP contribution in [0.2, 0.25) is 0 Å². The molecule has 1 aromatic carbocycles. The summed E-state index contributed by atoms with van der Waals surface area (Å²) in [4.78, 5) is 0. The summed E-state index contributed by atoms with van der Waals surface area (Å²) in [6, 6.07) is 9.04. The molecule has 2 saturated carbocycles. The smallest absolute Gasteiger partial charge is 0.119 e. The zero-order chi connectivity index (χ0) is 22.4. The topological polar surface area (TPSA) is 9.23 Å². The van der Waals surface area contributed by atoms with Gasteiger partial charge in [-0.2, -0.15) is 0 Å². The molecule has 2 aliphatic rings. The Morgan fingerprint density at radius 1 is 0.656 bits per heavy atom. The Labute approximate surface area is 200 Å². The van der Waals surface area contributed by atoms with E-state index in [0.29, 0.717) is 0 Å². The van der Waals surface area contributed by atoms with E-state index in [-0.39, 0.29) is 0 Å². The van der Waals surface area contributed by atoms with E-state index in [4.69, 9.17) is 4.74 Å². The molecule has 0 spiro atoms. The summed E-state index contributed by atoms with van der Waals surface area (Å²) >= 11 is 0. The second-order valence-corrected chi connectivity index (χ2v) is 11.1. The molecule has 0 bridgehead atoms. The maximum Gasteiger partial charge on any atom is 0.119 e. The summed E-state index contributed by atoms with van der Waals surface area (Å²) in [6.45, 7) is 5.55. The molecule has 1 aromatic rings. The minimum absolute atomic E-state index is 0.885. The van der Waals surface area contributed by atoms with Crippen molar-refractivity contribution in [1.82, 2.24) is 0 Å². The molecule has 2 atom stereocenters. The molecule has 0 aromatic heterocycles. The Balaban J connectivity index is 1.27. The SMILES string of the molecule is CCCCCC1CCC(CCc2ccc(OCCCC3CCCCC3CCC)cc2)CC1. The highest BCUT2D eigenvalue weighted by Crippen LogP contribution is 2.36. The number of rotatable bonds is 14. The van der Waals surface area contributed by atoms with E-state index in [1.54, 1.807) is 0 Å². The van der Waals surface area contributed by atoms with Crippen molar-refractivity contribution in [3.8, 4) is 5.75 Å². The molecule has 0 amide bonds. The van der Waals surface area contributed by atoms with Crippen molar-refractivity contribution < 1.29 is 4.74 Å². The third kappa shape index (κ3) is 9.11. The first-order valence-electron chi connectivity index (χ1n) is 14.5. The number of aryl methyl sites for hydroxylation is 1. The summed E-state index contributed by atoms with van der Waals surface area (Å²) in [5.41, 5.74) is 1.49. The minimum Gasteiger partial charge on any atom is -0.494 e. The number of unbranched alkanes of at least 4 members (excludes halogenated alkanes) is 2. The van der Waals surface area contributed by atoms with Gasteiger partial charge in [-0.15, -0.1) is 0 Å². The van der Waals surface area contributed by atoms with Crippen molar-refractivity contribution in [2.45, 2.75) is 129 Å². The maximum absolute atomic E-state index is 6.09. The molecule has 1 heteroatoms. The highest BCUT2D eigenvalue weighted by molar-refractivity contribution is 5.27. The molecule has 32 heavy (non-hydrogen) atoms. The summed E-state index contributed by atoms with van der Waals surface area (Å²) < 4.78 is 6.09. The fourth-order valence-electron chi connectivity index (χ4n) is 6.57. The summed E-state index contributed by atoms with van der Waals surface area (Å²) in [7, 11) is 0. The number of hydrogen-bond donors (Lipinski definition) is 0. The van der Waals surface area contributed by atoms with Gasteiger partial charge in [-0.05, 0) is 67.1 Å². The molecule has 0 radical (unpaired) electrons. The van der Waals surface area contributed by atoms with Crippen molar-refractivity contribution in [2.75, 3.05) is 6.61 Å². The second-order valence-electron chi connectivity index (χ2n) is 11.1. The van der Waals surface area contributed by atoms with E-state index in [1.807, 2.05) is 0 Å². The highest BCUT2D eigenvalue weighted by Gasteiger charge is 2.24. The molecule has 0 saturated heterocycles. The van der Waals surface area contributed by atoms with Crippen LogP contribution in [0, 0.1) is 23.7 Å². The van der Waals surface area contributed by atoms with Crippen LogP contribution in [0.25, 0.3) is 0 Å². The van der Waals surface area contributed by atoms with Crippen molar-refractivity contribution in [3.63, 3.8) is 0 Å². The quantitative estimate of drug-likeness (QED) is 0.261. The average Bonchev–Trinajstić information content (AvgIpc) is 2.83. The molecule has 182 valence electrons. The van der Waals surface area contributed by atoms with Gasteiger partial charge in [0.1, 0.15) is 5.75 Å². The predicted molar refractivity (Wildman–Crippen MR) is 139 cm³/mol. The largest absolute Gasteiger partial charge is 0.494 e. The van der Waals surface area contributed by atoms with Crippen LogP contribution in [-0.4, -0.2) is 6.61 Å². The average molecular weight is 441 g/mol. The molecule has 2 fully saturated rings. The second kappa shape index (κ2) is 15.0. The van der Waals surface area contributed by atoms with Crippen LogP contribution in [-0.2, 0) is 6.42 Å². The van der Waals surface area contributed by atoms with Crippen LogP contribution in [0.1, 0.15) is 129 Å². The molecule has 2 aliphatic carbocycles. The van der Waals surface area contributed by atoms with Crippen molar-refractivity contribution in [3.05, 3.63) is 29.8 Å². The first-order chi connectivity index (χ1) is 15.8. The van der Waals surface area contributed by atoms with Gasteiger partial charge in [-0.1, -0.05) is 116 Å². The van der Waals surface area contributed by atoms with E-state index < -0.39 is 0 Å². The lowest BCUT2D eigenvalue weighted by Crippen LogP contribution is -2.20. The molecule has 0 aliphatic heterocycles. The summed E-state index contributed by atoms with van der Waals surface area (Å²) in [6.07, 6.45) is 25.5. The van der Waals surface area contributed by atoms with Gasteiger partial charge in [0.05, 0.1) is 6.61 Å². The van der Waals surface area contributed by atoms with E-state index >= 15 is 0 Å². The van der Waals surface area contributed by atoms with Crippen molar-refractivity contribution >= 4 is 0 Å². The Morgan fingerprint density at radius 3 is 1.97 bits per heavy atom. The monoisotopic (exact) mass is 440 g/mol. The zero-order valence-electron chi connectivity index (χ0n) is 21.5. The van der Waals surface area contributed by atoms with Gasteiger partial charge in [0.25, 0.3) is 0 Å². The highest BCUT2D eigenvalue weighted by atomic mass is 16.5. The number of benzene rings is 1. The molecular formula is C31H52O. The molecule has 3 rings (SSSR count). The Bertz CT molecular complexity index is 581. The Kier molecular flexibility index (Phi) is 12.0. The first kappa shape index (κ1) is 25.6. The lowest BCUT2D eigenvalue weighted by atomic mass is 9.75. The standard InChI is InChI=1S/C31H52O/c1-3-5-6-11-26-15-17-27(18-16-26)19-20-28-21-23-31(24-22-28)32-25-9-14-30-13-8-7-12-29(30)10-4-2/h21-24,26-27,29-30H,3-20,25H2,1-2H3. The lowest BCUT2D eigenvalue weighted by Gasteiger charge is -2.31. The Morgan fingerprint density at radius 2 is 1.31 bits per heavy atom. The van der Waals surface area contributed by atoms with E-state index in [0.717, 1.165) is 36.0 Å². The predicted octanol–water partition coefficient (Wildman–Crippen LogP) is 9.77. The number of hydrogen-bond acceptors (Lipinski definition) is 1. The summed E-state index contributed by atoms with van der Waals surface area (Å²) in [5, 5.41) is 0. The first-order valence-corrected chi connectivity index (χ1v) is 14.5. The summed E-state index contributed by atoms with van der Waals surface area (Å²) in [5.74, 6) is 5.01. The van der Waals surface area contributed by atoms with Crippen LogP contribution < -0.4 is 4.74 Å². The third-order valence-electron chi connectivity index (χ3n) is 8.66. The van der Waals surface area contributed by atoms with Gasteiger partial charge in [-0.3, -0.25) is 0 Å². The minimum atomic E-state index is 0.885. The molecule has 2 unspecified atom stereocenters. The lowest BCUT2D eigenvalue weighted by molar-refractivity contribution is 0.193. The van der Waals surface area contributed by atoms with Gasteiger partial charge in [0.2, 0.25) is 0 Å². The normalized spacial score (nSPS) is 26.2.